The Kier molecular flexibility index (Phi) is 7.50. The number of para-hydroxylation sites is 1. The molecular weight excluding hydrogens is 428 g/mol. The maximum absolute atomic E-state index is 13.0. The Balaban J connectivity index is 1.72. The quantitative estimate of drug-likeness (QED) is 0.522. The molecule has 33 heavy (non-hydrogen) atoms. The minimum atomic E-state index is -0.626. The number of anilines is 2. The van der Waals surface area contributed by atoms with Gasteiger partial charge >= 0.3 is 0 Å². The van der Waals surface area contributed by atoms with Crippen LogP contribution in [0.4, 0.5) is 11.4 Å². The first kappa shape index (κ1) is 23.6. The number of ether oxygens (including phenoxy) is 2. The van der Waals surface area contributed by atoms with Crippen LogP contribution in [0, 0.1) is 5.92 Å². The molecule has 10 nitrogen and oxygen atoms in total. The third kappa shape index (κ3) is 5.59. The second kappa shape index (κ2) is 10.5. The third-order valence-corrected chi connectivity index (χ3v) is 5.26. The number of hydrogen-bond donors (Lipinski definition) is 3. The highest BCUT2D eigenvalue weighted by Gasteiger charge is 2.36. The number of carbonyl (C=O) groups excluding carboxylic acids is 4. The van der Waals surface area contributed by atoms with Crippen LogP contribution >= 0.6 is 0 Å². The van der Waals surface area contributed by atoms with Crippen LogP contribution in [-0.4, -0.2) is 50.9 Å². The van der Waals surface area contributed by atoms with Gasteiger partial charge < -0.3 is 30.7 Å². The zero-order valence-corrected chi connectivity index (χ0v) is 18.4. The molecule has 10 heteroatoms. The van der Waals surface area contributed by atoms with E-state index in [1.54, 1.807) is 42.5 Å². The third-order valence-electron chi connectivity index (χ3n) is 5.26. The Morgan fingerprint density at radius 1 is 1.12 bits per heavy atom. The van der Waals surface area contributed by atoms with Crippen LogP contribution in [-0.2, 0) is 14.4 Å². The van der Waals surface area contributed by atoms with Crippen molar-refractivity contribution in [3.05, 3.63) is 48.0 Å². The number of nitrogens with zero attached hydrogens (tertiary/aromatic N) is 1. The predicted octanol–water partition coefficient (Wildman–Crippen LogP) is 1.30. The van der Waals surface area contributed by atoms with Crippen molar-refractivity contribution in [1.29, 1.82) is 0 Å². The molecule has 4 N–H and O–H groups in total. The number of rotatable bonds is 9. The summed E-state index contributed by atoms with van der Waals surface area (Å²) in [5.74, 6) is -1.16. The Bertz CT molecular complexity index is 1070. The molecule has 1 atom stereocenters. The van der Waals surface area contributed by atoms with Crippen molar-refractivity contribution in [2.45, 2.75) is 12.8 Å². The summed E-state index contributed by atoms with van der Waals surface area (Å²) in [6.07, 6.45) is 0.0210. The molecule has 0 aromatic heterocycles. The molecule has 2 aromatic carbocycles. The van der Waals surface area contributed by atoms with Gasteiger partial charge in [0.1, 0.15) is 11.5 Å². The number of carbonyl (C=O) groups is 4. The zero-order chi connectivity index (χ0) is 24.0. The molecule has 1 unspecified atom stereocenters. The van der Waals surface area contributed by atoms with Crippen LogP contribution in [0.2, 0.25) is 0 Å². The summed E-state index contributed by atoms with van der Waals surface area (Å²) < 4.78 is 10.6. The van der Waals surface area contributed by atoms with E-state index in [0.717, 1.165) is 0 Å². The van der Waals surface area contributed by atoms with E-state index in [9.17, 15) is 19.2 Å². The molecule has 0 radical (unpaired) electrons. The average molecular weight is 454 g/mol. The minimum absolute atomic E-state index is 0.00796. The molecule has 4 amide bonds. The fraction of sp³-hybridized carbons (Fsp3) is 0.304. The summed E-state index contributed by atoms with van der Waals surface area (Å²) in [6, 6.07) is 11.6. The van der Waals surface area contributed by atoms with Gasteiger partial charge in [-0.05, 0) is 24.3 Å². The van der Waals surface area contributed by atoms with Gasteiger partial charge in [-0.2, -0.15) is 0 Å². The van der Waals surface area contributed by atoms with Crippen LogP contribution < -0.4 is 30.7 Å². The molecule has 0 spiro atoms. The highest BCUT2D eigenvalue weighted by Crippen LogP contribution is 2.36. The molecule has 1 aliphatic rings. The summed E-state index contributed by atoms with van der Waals surface area (Å²) in [5, 5.41) is 5.34. The van der Waals surface area contributed by atoms with Crippen LogP contribution in [0.15, 0.2) is 42.5 Å². The van der Waals surface area contributed by atoms with Crippen molar-refractivity contribution >= 4 is 35.0 Å². The first-order valence-corrected chi connectivity index (χ1v) is 10.3. The fourth-order valence-electron chi connectivity index (χ4n) is 3.54. The number of methoxy groups -OCH3 is 2. The Labute approximate surface area is 191 Å². The molecule has 1 saturated heterocycles. The van der Waals surface area contributed by atoms with Gasteiger partial charge in [0.15, 0.2) is 0 Å². The van der Waals surface area contributed by atoms with Crippen LogP contribution in [0.1, 0.15) is 23.2 Å². The molecule has 0 bridgehead atoms. The van der Waals surface area contributed by atoms with E-state index >= 15 is 0 Å². The lowest BCUT2D eigenvalue weighted by Gasteiger charge is -2.20. The monoisotopic (exact) mass is 454 g/mol. The standard InChI is InChI=1S/C23H26N4O6/c1-32-15-7-8-19(33-2)18(12-15)27-13-14(11-21(27)29)22(30)26-17-6-4-3-5-16(17)23(31)25-10-9-20(24)28/h3-8,12,14H,9-11,13H2,1-2H3,(H2,24,28)(H,25,31)(H,26,30). The average Bonchev–Trinajstić information content (AvgIpc) is 3.20. The Morgan fingerprint density at radius 2 is 1.88 bits per heavy atom. The van der Waals surface area contributed by atoms with Gasteiger partial charge in [-0.3, -0.25) is 19.2 Å². The molecule has 3 rings (SSSR count). The second-order valence-corrected chi connectivity index (χ2v) is 7.45. The van der Waals surface area contributed by atoms with E-state index in [1.807, 2.05) is 0 Å². The smallest absolute Gasteiger partial charge is 0.253 e. The van der Waals surface area contributed by atoms with Crippen molar-refractivity contribution in [3.63, 3.8) is 0 Å². The van der Waals surface area contributed by atoms with E-state index in [1.165, 1.54) is 19.1 Å². The summed E-state index contributed by atoms with van der Waals surface area (Å²) in [4.78, 5) is 50.5. The van der Waals surface area contributed by atoms with Crippen molar-refractivity contribution < 1.29 is 28.7 Å². The number of nitrogens with two attached hydrogens (primary N) is 1. The number of hydrogen-bond acceptors (Lipinski definition) is 6. The lowest BCUT2D eigenvalue weighted by atomic mass is 10.1. The van der Waals surface area contributed by atoms with E-state index in [2.05, 4.69) is 10.6 Å². The summed E-state index contributed by atoms with van der Waals surface area (Å²) in [7, 11) is 3.02. The number of nitrogens with one attached hydrogen (secondary N) is 2. The largest absolute Gasteiger partial charge is 0.497 e. The normalized spacial score (nSPS) is 15.2. The van der Waals surface area contributed by atoms with Crippen molar-refractivity contribution in [3.8, 4) is 11.5 Å². The van der Waals surface area contributed by atoms with Crippen molar-refractivity contribution in [2.75, 3.05) is 37.5 Å². The SMILES string of the molecule is COc1ccc(OC)c(N2CC(C(=O)Nc3ccccc3C(=O)NCCC(N)=O)CC2=O)c1. The molecule has 174 valence electrons. The van der Waals surface area contributed by atoms with Gasteiger partial charge in [-0.15, -0.1) is 0 Å². The maximum Gasteiger partial charge on any atom is 0.253 e. The van der Waals surface area contributed by atoms with E-state index in [-0.39, 0.29) is 43.3 Å². The van der Waals surface area contributed by atoms with Crippen LogP contribution in [0.25, 0.3) is 0 Å². The van der Waals surface area contributed by atoms with E-state index in [0.29, 0.717) is 22.9 Å². The van der Waals surface area contributed by atoms with Crippen molar-refractivity contribution in [1.82, 2.24) is 5.32 Å². The second-order valence-electron chi connectivity index (χ2n) is 7.45. The molecule has 0 saturated carbocycles. The van der Waals surface area contributed by atoms with Gasteiger partial charge in [0.05, 0.1) is 37.1 Å². The van der Waals surface area contributed by atoms with Gasteiger partial charge in [0.25, 0.3) is 5.91 Å². The van der Waals surface area contributed by atoms with Crippen molar-refractivity contribution in [2.24, 2.45) is 11.7 Å². The number of amides is 4. The lowest BCUT2D eigenvalue weighted by molar-refractivity contribution is -0.122. The van der Waals surface area contributed by atoms with Crippen LogP contribution in [0.3, 0.4) is 0 Å². The first-order chi connectivity index (χ1) is 15.8. The van der Waals surface area contributed by atoms with E-state index < -0.39 is 17.7 Å². The van der Waals surface area contributed by atoms with Gasteiger partial charge in [-0.25, -0.2) is 0 Å². The molecule has 1 heterocycles. The van der Waals surface area contributed by atoms with Gasteiger partial charge in [0, 0.05) is 32.0 Å². The highest BCUT2D eigenvalue weighted by molar-refractivity contribution is 6.07. The Morgan fingerprint density at radius 3 is 2.58 bits per heavy atom. The number of primary amides is 1. The first-order valence-electron chi connectivity index (χ1n) is 10.3. The highest BCUT2D eigenvalue weighted by atomic mass is 16.5. The summed E-state index contributed by atoms with van der Waals surface area (Å²) in [5.41, 5.74) is 6.16. The minimum Gasteiger partial charge on any atom is -0.497 e. The zero-order valence-electron chi connectivity index (χ0n) is 18.4. The summed E-state index contributed by atoms with van der Waals surface area (Å²) in [6.45, 7) is 0.242. The molecule has 2 aromatic rings. The summed E-state index contributed by atoms with van der Waals surface area (Å²) >= 11 is 0. The van der Waals surface area contributed by atoms with Gasteiger partial charge in [0.2, 0.25) is 17.7 Å². The van der Waals surface area contributed by atoms with E-state index in [4.69, 9.17) is 15.2 Å². The maximum atomic E-state index is 13.0. The molecular formula is C23H26N4O6. The van der Waals surface area contributed by atoms with Gasteiger partial charge in [-0.1, -0.05) is 12.1 Å². The fourth-order valence-corrected chi connectivity index (χ4v) is 3.54. The number of benzene rings is 2. The van der Waals surface area contributed by atoms with Crippen LogP contribution in [0.5, 0.6) is 11.5 Å². The molecule has 1 aliphatic heterocycles. The molecule has 1 fully saturated rings. The molecule has 0 aliphatic carbocycles. The Hall–Kier alpha value is -4.08. The lowest BCUT2D eigenvalue weighted by Crippen LogP contribution is -2.30. The predicted molar refractivity (Wildman–Crippen MR) is 121 cm³/mol. The topological polar surface area (TPSA) is 140 Å².